The van der Waals surface area contributed by atoms with E-state index >= 15 is 0 Å². The molecule has 2 aromatic carbocycles. The predicted molar refractivity (Wildman–Crippen MR) is 78.1 cm³/mol. The van der Waals surface area contributed by atoms with E-state index in [9.17, 15) is 14.9 Å². The minimum atomic E-state index is -0.737. The monoisotopic (exact) mass is 296 g/mol. The number of hydrogen-bond acceptors (Lipinski definition) is 5. The van der Waals surface area contributed by atoms with E-state index in [-0.39, 0.29) is 11.3 Å². The number of carbonyl (C=O) groups excluding carboxylic acids is 1. The number of methoxy groups -OCH3 is 1. The lowest BCUT2D eigenvalue weighted by Crippen LogP contribution is -2.16. The molecule has 0 saturated heterocycles. The van der Waals surface area contributed by atoms with Gasteiger partial charge in [0, 0.05) is 6.07 Å². The number of carbonyl (C=O) groups is 1. The minimum Gasteiger partial charge on any atom is -0.468 e. The Balaban J connectivity index is 2.57. The Bertz CT molecular complexity index is 750. The molecule has 110 valence electrons. The Hall–Kier alpha value is -3.20. The summed E-state index contributed by atoms with van der Waals surface area (Å²) in [5.74, 6) is -1.23. The highest BCUT2D eigenvalue weighted by atomic mass is 16.6. The van der Waals surface area contributed by atoms with Crippen LogP contribution in [0.5, 0.6) is 0 Å². The van der Waals surface area contributed by atoms with Crippen LogP contribution in [0.3, 0.4) is 0 Å². The van der Waals surface area contributed by atoms with Crippen molar-refractivity contribution < 1.29 is 14.5 Å². The predicted octanol–water partition coefficient (Wildman–Crippen LogP) is 2.77. The van der Waals surface area contributed by atoms with Crippen molar-refractivity contribution in [1.82, 2.24) is 0 Å². The van der Waals surface area contributed by atoms with Gasteiger partial charge in [0.15, 0.2) is 0 Å². The van der Waals surface area contributed by atoms with Gasteiger partial charge in [-0.15, -0.1) is 0 Å². The lowest BCUT2D eigenvalue weighted by molar-refractivity contribution is -0.385. The topological polar surface area (TPSA) is 93.2 Å². The molecule has 0 saturated carbocycles. The molecule has 0 aliphatic carbocycles. The second-order valence-corrected chi connectivity index (χ2v) is 4.51. The summed E-state index contributed by atoms with van der Waals surface area (Å²) in [5, 5.41) is 20.0. The quantitative estimate of drug-likeness (QED) is 0.491. The first-order valence-corrected chi connectivity index (χ1v) is 6.39. The zero-order chi connectivity index (χ0) is 16.1. The summed E-state index contributed by atoms with van der Waals surface area (Å²) in [6, 6.07) is 14.7. The Kier molecular flexibility index (Phi) is 4.49. The SMILES string of the molecule is COC(=O)[C@H](c1ccccc1)c1ccc([N+](=O)[O-])c(C#N)c1. The second kappa shape index (κ2) is 6.50. The van der Waals surface area contributed by atoms with E-state index in [4.69, 9.17) is 10.00 Å². The van der Waals surface area contributed by atoms with Crippen LogP contribution >= 0.6 is 0 Å². The van der Waals surface area contributed by atoms with Gasteiger partial charge >= 0.3 is 5.97 Å². The summed E-state index contributed by atoms with van der Waals surface area (Å²) in [5.41, 5.74) is 0.780. The zero-order valence-corrected chi connectivity index (χ0v) is 11.7. The molecule has 2 rings (SSSR count). The van der Waals surface area contributed by atoms with Crippen LogP contribution in [0, 0.1) is 21.4 Å². The Morgan fingerprint density at radius 1 is 1.23 bits per heavy atom. The molecule has 2 aromatic rings. The van der Waals surface area contributed by atoms with E-state index in [0.29, 0.717) is 11.1 Å². The summed E-state index contributed by atoms with van der Waals surface area (Å²) >= 11 is 0. The van der Waals surface area contributed by atoms with E-state index in [2.05, 4.69) is 0 Å². The van der Waals surface area contributed by atoms with Gasteiger partial charge in [0.1, 0.15) is 17.6 Å². The van der Waals surface area contributed by atoms with Crippen molar-refractivity contribution in [3.05, 3.63) is 75.3 Å². The molecule has 0 aromatic heterocycles. The molecule has 6 heteroatoms. The van der Waals surface area contributed by atoms with Crippen molar-refractivity contribution >= 4 is 11.7 Å². The van der Waals surface area contributed by atoms with Crippen LogP contribution in [0.1, 0.15) is 22.6 Å². The lowest BCUT2D eigenvalue weighted by Gasteiger charge is -2.15. The first-order valence-electron chi connectivity index (χ1n) is 6.39. The molecular formula is C16H12N2O4. The van der Waals surface area contributed by atoms with Crippen LogP contribution in [0.4, 0.5) is 5.69 Å². The average Bonchev–Trinajstić information content (AvgIpc) is 2.55. The number of nitro groups is 1. The third kappa shape index (κ3) is 2.94. The third-order valence-electron chi connectivity index (χ3n) is 3.24. The number of ether oxygens (including phenoxy) is 1. The van der Waals surface area contributed by atoms with Gasteiger partial charge in [-0.25, -0.2) is 0 Å². The molecule has 22 heavy (non-hydrogen) atoms. The molecule has 0 N–H and O–H groups in total. The zero-order valence-electron chi connectivity index (χ0n) is 11.7. The van der Waals surface area contributed by atoms with Crippen LogP contribution in [-0.2, 0) is 9.53 Å². The molecule has 0 fully saturated rings. The summed E-state index contributed by atoms with van der Waals surface area (Å²) in [7, 11) is 1.27. The van der Waals surface area contributed by atoms with Crippen LogP contribution in [0.15, 0.2) is 48.5 Å². The number of nitriles is 1. The number of esters is 1. The Morgan fingerprint density at radius 3 is 2.45 bits per heavy atom. The van der Waals surface area contributed by atoms with Gasteiger partial charge in [0.25, 0.3) is 5.69 Å². The maximum absolute atomic E-state index is 12.1. The first-order chi connectivity index (χ1) is 10.6. The maximum Gasteiger partial charge on any atom is 0.317 e. The van der Waals surface area contributed by atoms with E-state index in [1.54, 1.807) is 30.3 Å². The molecule has 0 radical (unpaired) electrons. The maximum atomic E-state index is 12.1. The van der Waals surface area contributed by atoms with Crippen molar-refractivity contribution in [1.29, 1.82) is 5.26 Å². The van der Waals surface area contributed by atoms with Crippen molar-refractivity contribution in [2.45, 2.75) is 5.92 Å². The van der Waals surface area contributed by atoms with Gasteiger partial charge in [0.2, 0.25) is 0 Å². The molecule has 0 aliphatic rings. The number of nitrogens with zero attached hydrogens (tertiary/aromatic N) is 2. The summed E-state index contributed by atoms with van der Waals surface area (Å²) < 4.78 is 4.82. The molecule has 0 spiro atoms. The third-order valence-corrected chi connectivity index (χ3v) is 3.24. The summed E-state index contributed by atoms with van der Waals surface area (Å²) in [6.45, 7) is 0. The molecule has 6 nitrogen and oxygen atoms in total. The number of nitro benzene ring substituents is 1. The van der Waals surface area contributed by atoms with Crippen molar-refractivity contribution in [2.75, 3.05) is 7.11 Å². The molecule has 0 heterocycles. The standard InChI is InChI=1S/C16H12N2O4/c1-22-16(19)15(11-5-3-2-4-6-11)12-7-8-14(18(20)21)13(9-12)10-17/h2-9,15H,1H3/t15-/m1/s1. The molecule has 0 unspecified atom stereocenters. The molecule has 0 bridgehead atoms. The van der Waals surface area contributed by atoms with Crippen LogP contribution < -0.4 is 0 Å². The van der Waals surface area contributed by atoms with Crippen molar-refractivity contribution in [2.24, 2.45) is 0 Å². The summed E-state index contributed by atoms with van der Waals surface area (Å²) in [6.07, 6.45) is 0. The Morgan fingerprint density at radius 2 is 1.91 bits per heavy atom. The van der Waals surface area contributed by atoms with E-state index in [1.807, 2.05) is 6.07 Å². The highest BCUT2D eigenvalue weighted by Crippen LogP contribution is 2.29. The highest BCUT2D eigenvalue weighted by molar-refractivity contribution is 5.82. The van der Waals surface area contributed by atoms with E-state index in [0.717, 1.165) is 0 Å². The second-order valence-electron chi connectivity index (χ2n) is 4.51. The number of hydrogen-bond donors (Lipinski definition) is 0. The van der Waals surface area contributed by atoms with Gasteiger partial charge in [-0.05, 0) is 17.2 Å². The summed E-state index contributed by atoms with van der Waals surface area (Å²) in [4.78, 5) is 22.3. The molecular weight excluding hydrogens is 284 g/mol. The normalized spacial score (nSPS) is 11.3. The smallest absolute Gasteiger partial charge is 0.317 e. The van der Waals surface area contributed by atoms with Gasteiger partial charge in [0.05, 0.1) is 12.0 Å². The van der Waals surface area contributed by atoms with Crippen LogP contribution in [0.25, 0.3) is 0 Å². The molecule has 1 atom stereocenters. The van der Waals surface area contributed by atoms with Gasteiger partial charge in [-0.1, -0.05) is 36.4 Å². The average molecular weight is 296 g/mol. The molecule has 0 aliphatic heterocycles. The fourth-order valence-electron chi connectivity index (χ4n) is 2.21. The lowest BCUT2D eigenvalue weighted by atomic mass is 9.90. The first kappa shape index (κ1) is 15.2. The van der Waals surface area contributed by atoms with Crippen molar-refractivity contribution in [3.63, 3.8) is 0 Å². The fraction of sp³-hybridized carbons (Fsp3) is 0.125. The number of rotatable bonds is 4. The van der Waals surface area contributed by atoms with Crippen molar-refractivity contribution in [3.8, 4) is 6.07 Å². The van der Waals surface area contributed by atoms with Gasteiger partial charge in [-0.2, -0.15) is 5.26 Å². The number of benzene rings is 2. The van der Waals surface area contributed by atoms with Crippen LogP contribution in [-0.4, -0.2) is 18.0 Å². The van der Waals surface area contributed by atoms with Gasteiger partial charge in [-0.3, -0.25) is 14.9 Å². The Labute approximate surface area is 126 Å². The highest BCUT2D eigenvalue weighted by Gasteiger charge is 2.25. The molecule has 0 amide bonds. The largest absolute Gasteiger partial charge is 0.468 e. The van der Waals surface area contributed by atoms with E-state index in [1.165, 1.54) is 25.3 Å². The van der Waals surface area contributed by atoms with Crippen LogP contribution in [0.2, 0.25) is 0 Å². The minimum absolute atomic E-state index is 0.0904. The van der Waals surface area contributed by atoms with E-state index < -0.39 is 16.8 Å². The van der Waals surface area contributed by atoms with Gasteiger partial charge < -0.3 is 4.74 Å². The fourth-order valence-corrected chi connectivity index (χ4v) is 2.21.